The van der Waals surface area contributed by atoms with Crippen molar-refractivity contribution >= 4 is 35.0 Å². The molecule has 124 valence electrons. The van der Waals surface area contributed by atoms with E-state index in [1.807, 2.05) is 0 Å². The van der Waals surface area contributed by atoms with Crippen LogP contribution >= 0.6 is 23.2 Å². The Bertz CT molecular complexity index is 777. The third-order valence-corrected chi connectivity index (χ3v) is 3.66. The molecule has 24 heavy (non-hydrogen) atoms. The molecule has 0 unspecified atom stereocenters. The number of benzene rings is 2. The summed E-state index contributed by atoms with van der Waals surface area (Å²) in [4.78, 5) is 24.1. The molecule has 0 saturated carbocycles. The van der Waals surface area contributed by atoms with Gasteiger partial charge < -0.3 is 9.47 Å². The first-order chi connectivity index (χ1) is 11.5. The van der Waals surface area contributed by atoms with E-state index in [4.69, 9.17) is 32.7 Å². The number of carbonyl (C=O) groups excluding carboxylic acids is 2. The number of nitrogens with one attached hydrogen (secondary N) is 2. The van der Waals surface area contributed by atoms with E-state index in [0.717, 1.165) is 0 Å². The van der Waals surface area contributed by atoms with E-state index in [1.165, 1.54) is 18.2 Å². The second-order valence-electron chi connectivity index (χ2n) is 4.97. The van der Waals surface area contributed by atoms with Crippen LogP contribution in [0.4, 0.5) is 0 Å². The molecular formula is C16H12Cl2N2O4. The summed E-state index contributed by atoms with van der Waals surface area (Å²) in [6.45, 7) is 0.0434. The summed E-state index contributed by atoms with van der Waals surface area (Å²) >= 11 is 11.7. The molecule has 0 saturated heterocycles. The minimum Gasteiger partial charge on any atom is -0.485 e. The van der Waals surface area contributed by atoms with Gasteiger partial charge >= 0.3 is 0 Å². The minimum atomic E-state index is -0.872. The molecule has 1 aliphatic rings. The summed E-state index contributed by atoms with van der Waals surface area (Å²) in [5.41, 5.74) is 4.80. The van der Waals surface area contributed by atoms with Crippen molar-refractivity contribution in [3.63, 3.8) is 0 Å². The second-order valence-corrected chi connectivity index (χ2v) is 5.84. The van der Waals surface area contributed by atoms with Crippen molar-refractivity contribution in [1.82, 2.24) is 10.9 Å². The summed E-state index contributed by atoms with van der Waals surface area (Å²) in [6, 6.07) is 11.4. The van der Waals surface area contributed by atoms with Gasteiger partial charge in [-0.1, -0.05) is 35.3 Å². The van der Waals surface area contributed by atoms with Crippen molar-refractivity contribution in [3.05, 3.63) is 58.1 Å². The highest BCUT2D eigenvalue weighted by Gasteiger charge is 2.27. The zero-order chi connectivity index (χ0) is 17.1. The number of fused-ring (bicyclic) bond motifs is 1. The zero-order valence-corrected chi connectivity index (χ0v) is 13.7. The summed E-state index contributed by atoms with van der Waals surface area (Å²) < 4.78 is 11.0. The van der Waals surface area contributed by atoms with E-state index in [-0.39, 0.29) is 12.2 Å². The molecule has 2 aromatic carbocycles. The number of rotatable bonds is 2. The van der Waals surface area contributed by atoms with Gasteiger partial charge in [-0.05, 0) is 30.3 Å². The molecule has 0 bridgehead atoms. The average molecular weight is 367 g/mol. The van der Waals surface area contributed by atoms with Crippen LogP contribution in [0.5, 0.6) is 11.5 Å². The van der Waals surface area contributed by atoms with E-state index in [0.29, 0.717) is 21.5 Å². The molecule has 0 aliphatic carbocycles. The van der Waals surface area contributed by atoms with Gasteiger partial charge in [0.2, 0.25) is 6.10 Å². The first-order valence-corrected chi connectivity index (χ1v) is 7.73. The van der Waals surface area contributed by atoms with Crippen molar-refractivity contribution in [2.24, 2.45) is 0 Å². The molecule has 0 radical (unpaired) electrons. The largest absolute Gasteiger partial charge is 0.485 e. The summed E-state index contributed by atoms with van der Waals surface area (Å²) in [7, 11) is 0. The van der Waals surface area contributed by atoms with Crippen LogP contribution in [0.1, 0.15) is 10.4 Å². The first-order valence-electron chi connectivity index (χ1n) is 6.98. The monoisotopic (exact) mass is 366 g/mol. The normalized spacial score (nSPS) is 15.5. The van der Waals surface area contributed by atoms with E-state index in [2.05, 4.69) is 10.9 Å². The molecule has 6 nitrogen and oxygen atoms in total. The molecule has 2 N–H and O–H groups in total. The fraction of sp³-hybridized carbons (Fsp3) is 0.125. The van der Waals surface area contributed by atoms with Gasteiger partial charge in [0.05, 0.1) is 0 Å². The number of hydrogen-bond acceptors (Lipinski definition) is 4. The molecule has 1 aliphatic heterocycles. The van der Waals surface area contributed by atoms with Crippen LogP contribution < -0.4 is 20.3 Å². The number of amides is 2. The third kappa shape index (κ3) is 3.72. The maximum atomic E-state index is 12.1. The Kier molecular flexibility index (Phi) is 4.78. The van der Waals surface area contributed by atoms with Crippen LogP contribution in [-0.4, -0.2) is 24.5 Å². The minimum absolute atomic E-state index is 0.0434. The lowest BCUT2D eigenvalue weighted by Crippen LogP contribution is -2.50. The highest BCUT2D eigenvalue weighted by atomic mass is 35.5. The molecular weight excluding hydrogens is 355 g/mol. The Morgan fingerprint density at radius 2 is 1.67 bits per heavy atom. The molecule has 2 amide bonds. The smallest absolute Gasteiger partial charge is 0.283 e. The molecule has 2 aromatic rings. The Labute approximate surface area is 147 Å². The quantitative estimate of drug-likeness (QED) is 0.800. The fourth-order valence-corrected chi connectivity index (χ4v) is 2.63. The fourth-order valence-electron chi connectivity index (χ4n) is 2.10. The Morgan fingerprint density at radius 1 is 1.00 bits per heavy atom. The van der Waals surface area contributed by atoms with Gasteiger partial charge in [0, 0.05) is 15.6 Å². The first kappa shape index (κ1) is 16.4. The lowest BCUT2D eigenvalue weighted by molar-refractivity contribution is -0.131. The zero-order valence-electron chi connectivity index (χ0n) is 12.2. The predicted octanol–water partition coefficient (Wildman–Crippen LogP) is 2.59. The van der Waals surface area contributed by atoms with Crippen LogP contribution in [0.25, 0.3) is 0 Å². The van der Waals surface area contributed by atoms with Gasteiger partial charge in [-0.2, -0.15) is 0 Å². The number of halogens is 2. The molecule has 3 rings (SSSR count). The van der Waals surface area contributed by atoms with Crippen LogP contribution in [0, 0.1) is 0 Å². The summed E-state index contributed by atoms with van der Waals surface area (Å²) in [5.74, 6) is -0.0492. The van der Waals surface area contributed by atoms with Crippen LogP contribution in [0.2, 0.25) is 10.0 Å². The molecule has 0 aromatic heterocycles. The topological polar surface area (TPSA) is 76.7 Å². The Hall–Kier alpha value is -2.44. The van der Waals surface area contributed by atoms with Gasteiger partial charge in [-0.25, -0.2) is 0 Å². The predicted molar refractivity (Wildman–Crippen MR) is 88.4 cm³/mol. The number of hydrogen-bond donors (Lipinski definition) is 2. The second kappa shape index (κ2) is 6.98. The van der Waals surface area contributed by atoms with Gasteiger partial charge in [0.15, 0.2) is 11.5 Å². The van der Waals surface area contributed by atoms with Crippen molar-refractivity contribution < 1.29 is 19.1 Å². The lowest BCUT2D eigenvalue weighted by Gasteiger charge is -2.25. The van der Waals surface area contributed by atoms with Crippen molar-refractivity contribution in [3.8, 4) is 11.5 Å². The molecule has 1 atom stereocenters. The maximum Gasteiger partial charge on any atom is 0.283 e. The molecule has 8 heteroatoms. The Balaban J connectivity index is 1.59. The van der Waals surface area contributed by atoms with E-state index in [9.17, 15) is 9.59 Å². The summed E-state index contributed by atoms with van der Waals surface area (Å²) in [5, 5.41) is 0.638. The van der Waals surface area contributed by atoms with Crippen LogP contribution in [0.3, 0.4) is 0 Å². The highest BCUT2D eigenvalue weighted by Crippen LogP contribution is 2.30. The van der Waals surface area contributed by atoms with E-state index in [1.54, 1.807) is 24.3 Å². The van der Waals surface area contributed by atoms with E-state index >= 15 is 0 Å². The summed E-state index contributed by atoms with van der Waals surface area (Å²) in [6.07, 6.45) is -0.872. The average Bonchev–Trinajstić information content (AvgIpc) is 2.58. The maximum absolute atomic E-state index is 12.1. The number of para-hydroxylation sites is 2. The highest BCUT2D eigenvalue weighted by molar-refractivity contribution is 6.35. The molecule has 0 fully saturated rings. The van der Waals surface area contributed by atoms with Crippen LogP contribution in [0.15, 0.2) is 42.5 Å². The van der Waals surface area contributed by atoms with Crippen LogP contribution in [-0.2, 0) is 4.79 Å². The van der Waals surface area contributed by atoms with Gasteiger partial charge in [-0.15, -0.1) is 0 Å². The van der Waals surface area contributed by atoms with Gasteiger partial charge in [0.25, 0.3) is 11.8 Å². The number of hydrazine groups is 1. The van der Waals surface area contributed by atoms with Crippen molar-refractivity contribution in [2.45, 2.75) is 6.10 Å². The molecule has 1 heterocycles. The van der Waals surface area contributed by atoms with Gasteiger partial charge in [0.1, 0.15) is 6.61 Å². The molecule has 0 spiro atoms. The lowest BCUT2D eigenvalue weighted by atomic mass is 10.2. The third-order valence-electron chi connectivity index (χ3n) is 3.23. The van der Waals surface area contributed by atoms with E-state index < -0.39 is 17.9 Å². The SMILES string of the molecule is O=C(NNC(=O)[C@H]1COc2ccccc2O1)c1cc(Cl)cc(Cl)c1. The van der Waals surface area contributed by atoms with Gasteiger partial charge in [-0.3, -0.25) is 20.4 Å². The van der Waals surface area contributed by atoms with Crippen molar-refractivity contribution in [1.29, 1.82) is 0 Å². The number of ether oxygens (including phenoxy) is 2. The Morgan fingerprint density at radius 3 is 2.38 bits per heavy atom. The standard InChI is InChI=1S/C16H12Cl2N2O4/c17-10-5-9(6-11(18)7-10)15(21)19-20-16(22)14-8-23-12-3-1-2-4-13(12)24-14/h1-7,14H,8H2,(H,19,21)(H,20,22)/t14-/m1/s1. The van der Waals surface area contributed by atoms with Crippen molar-refractivity contribution in [2.75, 3.05) is 6.61 Å². The number of carbonyl (C=O) groups is 2.